The summed E-state index contributed by atoms with van der Waals surface area (Å²) in [5.41, 5.74) is 1.16. The highest BCUT2D eigenvalue weighted by Gasteiger charge is 2.03. The molecule has 0 bridgehead atoms. The second-order valence-corrected chi connectivity index (χ2v) is 5.55. The molecule has 2 aromatic rings. The second kappa shape index (κ2) is 7.52. The summed E-state index contributed by atoms with van der Waals surface area (Å²) in [6.07, 6.45) is 4.04. The molecule has 0 aliphatic heterocycles. The molecular formula is C13H12BrClN4S. The topological polar surface area (TPSA) is 49.8 Å². The van der Waals surface area contributed by atoms with E-state index in [9.17, 15) is 0 Å². The van der Waals surface area contributed by atoms with Crippen molar-refractivity contribution in [2.45, 2.75) is 6.42 Å². The summed E-state index contributed by atoms with van der Waals surface area (Å²) >= 11 is 14.4. The molecule has 1 aromatic heterocycles. The van der Waals surface area contributed by atoms with Crippen molar-refractivity contribution in [2.75, 3.05) is 11.9 Å². The summed E-state index contributed by atoms with van der Waals surface area (Å²) in [7, 11) is 0. The molecule has 0 aliphatic carbocycles. The highest BCUT2D eigenvalue weighted by molar-refractivity contribution is 9.10. The van der Waals surface area contributed by atoms with Gasteiger partial charge in [-0.05, 0) is 52.3 Å². The molecule has 0 amide bonds. The molecule has 2 rings (SSSR count). The number of aromatic nitrogens is 2. The standard InChI is InChI=1S/C13H12BrClN4S/c14-11-12(17-7-6-16-11)19-13(20)18-5-4-9-2-1-3-10(15)8-9/h1-3,6-8H,4-5H2,(H2,17,18,19,20). The zero-order chi connectivity index (χ0) is 14.4. The normalized spacial score (nSPS) is 10.1. The van der Waals surface area contributed by atoms with Gasteiger partial charge < -0.3 is 10.6 Å². The summed E-state index contributed by atoms with van der Waals surface area (Å²) < 4.78 is 0.624. The number of halogens is 2. The van der Waals surface area contributed by atoms with Crippen molar-refractivity contribution < 1.29 is 0 Å². The Labute approximate surface area is 136 Å². The molecule has 0 spiro atoms. The molecular weight excluding hydrogens is 360 g/mol. The average Bonchev–Trinajstić information content (AvgIpc) is 2.41. The summed E-state index contributed by atoms with van der Waals surface area (Å²) in [6, 6.07) is 7.77. The Kier molecular flexibility index (Phi) is 5.70. The van der Waals surface area contributed by atoms with Gasteiger partial charge in [-0.3, -0.25) is 0 Å². The van der Waals surface area contributed by atoms with Gasteiger partial charge in [-0.15, -0.1) is 0 Å². The first-order chi connectivity index (χ1) is 9.65. The van der Waals surface area contributed by atoms with Gasteiger partial charge in [-0.2, -0.15) is 0 Å². The molecule has 7 heteroatoms. The van der Waals surface area contributed by atoms with E-state index in [4.69, 9.17) is 23.8 Å². The van der Waals surface area contributed by atoms with Crippen LogP contribution in [-0.2, 0) is 6.42 Å². The summed E-state index contributed by atoms with van der Waals surface area (Å²) in [5, 5.41) is 7.35. The van der Waals surface area contributed by atoms with Gasteiger partial charge in [0.25, 0.3) is 0 Å². The van der Waals surface area contributed by atoms with E-state index < -0.39 is 0 Å². The van der Waals surface area contributed by atoms with Crippen molar-refractivity contribution in [1.82, 2.24) is 15.3 Å². The first-order valence-electron chi connectivity index (χ1n) is 5.91. The number of benzene rings is 1. The lowest BCUT2D eigenvalue weighted by Crippen LogP contribution is -2.30. The number of hydrogen-bond acceptors (Lipinski definition) is 3. The lowest BCUT2D eigenvalue weighted by Gasteiger charge is -2.10. The number of thiocarbonyl (C=S) groups is 1. The van der Waals surface area contributed by atoms with Gasteiger partial charge in [0.2, 0.25) is 0 Å². The zero-order valence-electron chi connectivity index (χ0n) is 10.4. The van der Waals surface area contributed by atoms with Crippen molar-refractivity contribution in [3.63, 3.8) is 0 Å². The zero-order valence-corrected chi connectivity index (χ0v) is 13.6. The highest BCUT2D eigenvalue weighted by atomic mass is 79.9. The van der Waals surface area contributed by atoms with Crippen LogP contribution in [0.25, 0.3) is 0 Å². The van der Waals surface area contributed by atoms with Crippen molar-refractivity contribution in [3.8, 4) is 0 Å². The number of nitrogens with zero attached hydrogens (tertiary/aromatic N) is 2. The number of anilines is 1. The van der Waals surface area contributed by atoms with Gasteiger partial charge in [0.05, 0.1) is 0 Å². The number of nitrogens with one attached hydrogen (secondary N) is 2. The molecule has 104 valence electrons. The van der Waals surface area contributed by atoms with E-state index in [0.717, 1.165) is 17.0 Å². The molecule has 20 heavy (non-hydrogen) atoms. The Morgan fingerprint density at radius 2 is 2.10 bits per heavy atom. The highest BCUT2D eigenvalue weighted by Crippen LogP contribution is 2.14. The van der Waals surface area contributed by atoms with Crippen LogP contribution in [0.1, 0.15) is 5.56 Å². The van der Waals surface area contributed by atoms with Crippen molar-refractivity contribution in [1.29, 1.82) is 0 Å². The molecule has 0 saturated carbocycles. The summed E-state index contributed by atoms with van der Waals surface area (Å²) in [4.78, 5) is 8.19. The third-order valence-corrected chi connectivity index (χ3v) is 3.54. The SMILES string of the molecule is S=C(NCCc1cccc(Cl)c1)Nc1nccnc1Br. The molecule has 0 saturated heterocycles. The first kappa shape index (κ1) is 15.2. The molecule has 0 fully saturated rings. The van der Waals surface area contributed by atoms with Gasteiger partial charge in [0.15, 0.2) is 10.9 Å². The molecule has 0 unspecified atom stereocenters. The fourth-order valence-corrected chi connectivity index (χ4v) is 2.30. The van der Waals surface area contributed by atoms with Crippen LogP contribution in [0.5, 0.6) is 0 Å². The Balaban J connectivity index is 1.80. The lowest BCUT2D eigenvalue weighted by molar-refractivity contribution is 0.872. The van der Waals surface area contributed by atoms with Gasteiger partial charge in [-0.25, -0.2) is 9.97 Å². The van der Waals surface area contributed by atoms with Gasteiger partial charge >= 0.3 is 0 Å². The molecule has 1 heterocycles. The maximum Gasteiger partial charge on any atom is 0.172 e. The van der Waals surface area contributed by atoms with Crippen LogP contribution < -0.4 is 10.6 Å². The van der Waals surface area contributed by atoms with E-state index >= 15 is 0 Å². The van der Waals surface area contributed by atoms with Crippen LogP contribution >= 0.6 is 39.7 Å². The fraction of sp³-hybridized carbons (Fsp3) is 0.154. The maximum absolute atomic E-state index is 5.93. The molecule has 2 N–H and O–H groups in total. The van der Waals surface area contributed by atoms with Crippen molar-refractivity contribution in [2.24, 2.45) is 0 Å². The van der Waals surface area contributed by atoms with Crippen molar-refractivity contribution in [3.05, 3.63) is 51.8 Å². The Bertz CT molecular complexity index is 608. The largest absolute Gasteiger partial charge is 0.362 e. The molecule has 4 nitrogen and oxygen atoms in total. The molecule has 1 aromatic carbocycles. The van der Waals surface area contributed by atoms with E-state index in [1.807, 2.05) is 24.3 Å². The third-order valence-electron chi connectivity index (χ3n) is 2.47. The van der Waals surface area contributed by atoms with Gasteiger partial charge in [0, 0.05) is 24.0 Å². The van der Waals surface area contributed by atoms with Crippen LogP contribution in [0.15, 0.2) is 41.3 Å². The van der Waals surface area contributed by atoms with E-state index in [1.54, 1.807) is 12.4 Å². The lowest BCUT2D eigenvalue weighted by atomic mass is 10.1. The summed E-state index contributed by atoms with van der Waals surface area (Å²) in [5.74, 6) is 0.591. The fourth-order valence-electron chi connectivity index (χ4n) is 1.57. The third kappa shape index (κ3) is 4.70. The van der Waals surface area contributed by atoms with Crippen LogP contribution in [0.3, 0.4) is 0 Å². The smallest absolute Gasteiger partial charge is 0.172 e. The van der Waals surface area contributed by atoms with Gasteiger partial charge in [-0.1, -0.05) is 23.7 Å². The van der Waals surface area contributed by atoms with E-state index in [2.05, 4.69) is 36.5 Å². The predicted molar refractivity (Wildman–Crippen MR) is 89.1 cm³/mol. The minimum atomic E-state index is 0.508. The molecule has 0 atom stereocenters. The maximum atomic E-state index is 5.93. The quantitative estimate of drug-likeness (QED) is 0.807. The van der Waals surface area contributed by atoms with Crippen LogP contribution in [0.2, 0.25) is 5.02 Å². The minimum Gasteiger partial charge on any atom is -0.362 e. The Hall–Kier alpha value is -1.24. The van der Waals surface area contributed by atoms with Crippen LogP contribution in [-0.4, -0.2) is 21.6 Å². The predicted octanol–water partition coefficient (Wildman–Crippen LogP) is 3.42. The van der Waals surface area contributed by atoms with Crippen molar-refractivity contribution >= 4 is 50.7 Å². The van der Waals surface area contributed by atoms with E-state index in [1.165, 1.54) is 0 Å². The minimum absolute atomic E-state index is 0.508. The van der Waals surface area contributed by atoms with Gasteiger partial charge in [0.1, 0.15) is 4.60 Å². The van der Waals surface area contributed by atoms with Crippen LogP contribution in [0.4, 0.5) is 5.82 Å². The second-order valence-electron chi connectivity index (χ2n) is 3.96. The summed E-state index contributed by atoms with van der Waals surface area (Å²) in [6.45, 7) is 0.712. The monoisotopic (exact) mass is 370 g/mol. The Morgan fingerprint density at radius 3 is 2.85 bits per heavy atom. The number of rotatable bonds is 4. The first-order valence-corrected chi connectivity index (χ1v) is 7.49. The van der Waals surface area contributed by atoms with E-state index in [0.29, 0.717) is 22.1 Å². The van der Waals surface area contributed by atoms with E-state index in [-0.39, 0.29) is 0 Å². The molecule has 0 radical (unpaired) electrons. The molecule has 0 aliphatic rings. The van der Waals surface area contributed by atoms with Crippen LogP contribution in [0, 0.1) is 0 Å². The average molecular weight is 372 g/mol. The number of hydrogen-bond donors (Lipinski definition) is 2. The Morgan fingerprint density at radius 1 is 1.30 bits per heavy atom.